The fraction of sp³-hybridized carbons (Fsp3) is 0.500. The van der Waals surface area contributed by atoms with Crippen molar-refractivity contribution in [3.63, 3.8) is 0 Å². The van der Waals surface area contributed by atoms with E-state index in [1.807, 2.05) is 13.0 Å². The second-order valence-electron chi connectivity index (χ2n) is 4.15. The van der Waals surface area contributed by atoms with Crippen LogP contribution in [0, 0.1) is 13.8 Å². The van der Waals surface area contributed by atoms with E-state index in [-0.39, 0.29) is 6.61 Å². The first kappa shape index (κ1) is 15.3. The molecule has 106 valence electrons. The molecule has 0 fully saturated rings. The van der Waals surface area contributed by atoms with E-state index in [2.05, 4.69) is 0 Å². The Balaban J connectivity index is 3.37. The predicted octanol–water partition coefficient (Wildman–Crippen LogP) is 1.92. The van der Waals surface area contributed by atoms with E-state index in [1.165, 1.54) is 14.2 Å². The van der Waals surface area contributed by atoms with E-state index in [0.717, 1.165) is 11.1 Å². The summed E-state index contributed by atoms with van der Waals surface area (Å²) in [6.07, 6.45) is -1.38. The SMILES string of the molecule is CCOC(=O)C(O)c1c(C)cc(C)c(OC)c1OC. The van der Waals surface area contributed by atoms with Crippen LogP contribution in [0.2, 0.25) is 0 Å². The van der Waals surface area contributed by atoms with Crippen LogP contribution in [0.4, 0.5) is 0 Å². The van der Waals surface area contributed by atoms with Gasteiger partial charge in [-0.3, -0.25) is 0 Å². The van der Waals surface area contributed by atoms with Crippen LogP contribution in [0.3, 0.4) is 0 Å². The van der Waals surface area contributed by atoms with Gasteiger partial charge in [0.25, 0.3) is 0 Å². The maximum Gasteiger partial charge on any atom is 0.339 e. The van der Waals surface area contributed by atoms with Gasteiger partial charge in [0.2, 0.25) is 0 Å². The zero-order valence-corrected chi connectivity index (χ0v) is 11.9. The fourth-order valence-electron chi connectivity index (χ4n) is 2.08. The molecule has 1 unspecified atom stereocenters. The average Bonchev–Trinajstić information content (AvgIpc) is 2.37. The lowest BCUT2D eigenvalue weighted by Gasteiger charge is -2.20. The highest BCUT2D eigenvalue weighted by Gasteiger charge is 2.27. The molecule has 1 aromatic rings. The van der Waals surface area contributed by atoms with E-state index < -0.39 is 12.1 Å². The van der Waals surface area contributed by atoms with Crippen molar-refractivity contribution in [1.29, 1.82) is 0 Å². The first-order valence-electron chi connectivity index (χ1n) is 6.04. The molecule has 5 heteroatoms. The molecule has 1 atom stereocenters. The minimum absolute atomic E-state index is 0.209. The highest BCUT2D eigenvalue weighted by atomic mass is 16.5. The largest absolute Gasteiger partial charge is 0.493 e. The third-order valence-corrected chi connectivity index (χ3v) is 2.86. The molecule has 1 N–H and O–H groups in total. The summed E-state index contributed by atoms with van der Waals surface area (Å²) in [6.45, 7) is 5.56. The smallest absolute Gasteiger partial charge is 0.339 e. The summed E-state index contributed by atoms with van der Waals surface area (Å²) in [4.78, 5) is 11.7. The molecule has 0 radical (unpaired) electrons. The van der Waals surface area contributed by atoms with Gasteiger partial charge in [-0.2, -0.15) is 0 Å². The van der Waals surface area contributed by atoms with Gasteiger partial charge in [0.1, 0.15) is 0 Å². The number of aryl methyl sites for hydroxylation is 2. The van der Waals surface area contributed by atoms with E-state index in [1.54, 1.807) is 13.8 Å². The number of aliphatic hydroxyl groups excluding tert-OH is 1. The number of carbonyl (C=O) groups is 1. The normalized spacial score (nSPS) is 11.9. The highest BCUT2D eigenvalue weighted by molar-refractivity contribution is 5.79. The van der Waals surface area contributed by atoms with Gasteiger partial charge < -0.3 is 19.3 Å². The Labute approximate surface area is 113 Å². The van der Waals surface area contributed by atoms with Gasteiger partial charge >= 0.3 is 5.97 Å². The predicted molar refractivity (Wildman–Crippen MR) is 70.6 cm³/mol. The highest BCUT2D eigenvalue weighted by Crippen LogP contribution is 2.40. The van der Waals surface area contributed by atoms with Gasteiger partial charge in [-0.15, -0.1) is 0 Å². The maximum atomic E-state index is 11.7. The van der Waals surface area contributed by atoms with E-state index in [4.69, 9.17) is 14.2 Å². The van der Waals surface area contributed by atoms with Crippen LogP contribution in [0.25, 0.3) is 0 Å². The van der Waals surface area contributed by atoms with E-state index in [9.17, 15) is 9.90 Å². The molecule has 0 aliphatic carbocycles. The van der Waals surface area contributed by atoms with Crippen molar-refractivity contribution in [2.45, 2.75) is 26.9 Å². The van der Waals surface area contributed by atoms with Crippen molar-refractivity contribution in [3.8, 4) is 11.5 Å². The molecule has 0 aliphatic heterocycles. The summed E-state index contributed by atoms with van der Waals surface area (Å²) < 4.78 is 15.4. The number of rotatable bonds is 5. The minimum Gasteiger partial charge on any atom is -0.493 e. The van der Waals surface area contributed by atoms with Crippen molar-refractivity contribution in [1.82, 2.24) is 0 Å². The van der Waals surface area contributed by atoms with Gasteiger partial charge in [-0.1, -0.05) is 6.07 Å². The van der Waals surface area contributed by atoms with Crippen molar-refractivity contribution < 1.29 is 24.1 Å². The first-order valence-corrected chi connectivity index (χ1v) is 6.04. The summed E-state index contributed by atoms with van der Waals surface area (Å²) in [7, 11) is 2.98. The molecule has 0 spiro atoms. The summed E-state index contributed by atoms with van der Waals surface area (Å²) in [5.41, 5.74) is 2.00. The first-order chi connectivity index (χ1) is 8.97. The Morgan fingerprint density at radius 3 is 2.26 bits per heavy atom. The summed E-state index contributed by atoms with van der Waals surface area (Å²) in [5.74, 6) is 0.168. The second kappa shape index (κ2) is 6.43. The number of aliphatic hydroxyl groups is 1. The molecule has 0 aromatic heterocycles. The number of methoxy groups -OCH3 is 2. The zero-order valence-electron chi connectivity index (χ0n) is 11.9. The maximum absolute atomic E-state index is 11.7. The molecular weight excluding hydrogens is 248 g/mol. The number of carbonyl (C=O) groups excluding carboxylic acids is 1. The van der Waals surface area contributed by atoms with Crippen molar-refractivity contribution in [2.24, 2.45) is 0 Å². The molecule has 19 heavy (non-hydrogen) atoms. The van der Waals surface area contributed by atoms with Crippen LogP contribution in [0.15, 0.2) is 6.07 Å². The summed E-state index contributed by atoms with van der Waals surface area (Å²) >= 11 is 0. The molecular formula is C14H20O5. The molecule has 0 saturated carbocycles. The average molecular weight is 268 g/mol. The number of hydrogen-bond donors (Lipinski definition) is 1. The number of esters is 1. The number of hydrogen-bond acceptors (Lipinski definition) is 5. The lowest BCUT2D eigenvalue weighted by molar-refractivity contribution is -0.153. The Kier molecular flexibility index (Phi) is 5.18. The monoisotopic (exact) mass is 268 g/mol. The molecule has 1 rings (SSSR count). The van der Waals surface area contributed by atoms with Gasteiger partial charge in [0.05, 0.1) is 20.8 Å². The van der Waals surface area contributed by atoms with Crippen LogP contribution >= 0.6 is 0 Å². The number of ether oxygens (including phenoxy) is 3. The van der Waals surface area contributed by atoms with Crippen molar-refractivity contribution >= 4 is 5.97 Å². The summed E-state index contributed by atoms with van der Waals surface area (Å²) in [6, 6.07) is 1.83. The molecule has 1 aromatic carbocycles. The van der Waals surface area contributed by atoms with Crippen molar-refractivity contribution in [3.05, 3.63) is 22.8 Å². The van der Waals surface area contributed by atoms with Gasteiger partial charge in [0.15, 0.2) is 17.6 Å². The molecule has 0 aliphatic rings. The second-order valence-corrected chi connectivity index (χ2v) is 4.15. The van der Waals surface area contributed by atoms with Crippen molar-refractivity contribution in [2.75, 3.05) is 20.8 Å². The molecule has 5 nitrogen and oxygen atoms in total. The van der Waals surface area contributed by atoms with Crippen LogP contribution in [0.1, 0.15) is 29.7 Å². The van der Waals surface area contributed by atoms with Gasteiger partial charge in [-0.25, -0.2) is 4.79 Å². The van der Waals surface area contributed by atoms with E-state index in [0.29, 0.717) is 17.1 Å². The summed E-state index contributed by atoms with van der Waals surface area (Å²) in [5, 5.41) is 10.1. The van der Waals surface area contributed by atoms with E-state index >= 15 is 0 Å². The Hall–Kier alpha value is -1.75. The van der Waals surface area contributed by atoms with Crippen LogP contribution < -0.4 is 9.47 Å². The van der Waals surface area contributed by atoms with Crippen LogP contribution in [-0.2, 0) is 9.53 Å². The zero-order chi connectivity index (χ0) is 14.6. The lowest BCUT2D eigenvalue weighted by atomic mass is 9.98. The molecule has 0 saturated heterocycles. The minimum atomic E-state index is -1.38. The molecule has 0 bridgehead atoms. The Morgan fingerprint density at radius 2 is 1.79 bits per heavy atom. The third kappa shape index (κ3) is 2.98. The van der Waals surface area contributed by atoms with Crippen LogP contribution in [-0.4, -0.2) is 31.9 Å². The lowest BCUT2D eigenvalue weighted by Crippen LogP contribution is -2.17. The standard InChI is InChI=1S/C14H20O5/c1-6-19-14(16)11(15)10-8(2)7-9(3)12(17-4)13(10)18-5/h7,11,15H,6H2,1-5H3. The quantitative estimate of drug-likeness (QED) is 0.826. The van der Waals surface area contributed by atoms with Crippen LogP contribution in [0.5, 0.6) is 11.5 Å². The molecule has 0 heterocycles. The Morgan fingerprint density at radius 1 is 1.21 bits per heavy atom. The van der Waals surface area contributed by atoms with Gasteiger partial charge in [0, 0.05) is 5.56 Å². The van der Waals surface area contributed by atoms with Gasteiger partial charge in [-0.05, 0) is 31.9 Å². The topological polar surface area (TPSA) is 65.0 Å². The number of benzene rings is 1. The third-order valence-electron chi connectivity index (χ3n) is 2.86. The fourth-order valence-corrected chi connectivity index (χ4v) is 2.08. The molecule has 0 amide bonds. The Bertz CT molecular complexity index is 467.